The third kappa shape index (κ3) is 2.73. The maximum absolute atomic E-state index is 12.6. The molecule has 0 aliphatic rings. The number of halogens is 3. The van der Waals surface area contributed by atoms with Crippen LogP contribution < -0.4 is 0 Å². The Hall–Kier alpha value is -1.56. The SMILES string of the molecule is CCc1nc2cc(C(F)(F)F)ccc2n1CCCO. The largest absolute Gasteiger partial charge is 0.416 e. The summed E-state index contributed by atoms with van der Waals surface area (Å²) in [6.45, 7) is 2.51. The number of aryl methyl sites for hydroxylation is 2. The highest BCUT2D eigenvalue weighted by atomic mass is 19.4. The Labute approximate surface area is 108 Å². The fraction of sp³-hybridized carbons (Fsp3) is 0.462. The molecule has 0 amide bonds. The summed E-state index contributed by atoms with van der Waals surface area (Å²) < 4.78 is 39.8. The molecule has 0 radical (unpaired) electrons. The molecule has 0 aliphatic heterocycles. The number of hydrogen-bond donors (Lipinski definition) is 1. The first kappa shape index (κ1) is 13.9. The molecular formula is C13H15F3N2O. The monoisotopic (exact) mass is 272 g/mol. The number of nitrogens with zero attached hydrogens (tertiary/aromatic N) is 2. The zero-order chi connectivity index (χ0) is 14.0. The molecule has 0 fully saturated rings. The Bertz CT molecular complexity index is 575. The van der Waals surface area contributed by atoms with Crippen molar-refractivity contribution >= 4 is 11.0 Å². The quantitative estimate of drug-likeness (QED) is 0.929. The summed E-state index contributed by atoms with van der Waals surface area (Å²) in [6, 6.07) is 3.59. The first-order valence-corrected chi connectivity index (χ1v) is 6.14. The summed E-state index contributed by atoms with van der Waals surface area (Å²) in [5, 5.41) is 8.87. The van der Waals surface area contributed by atoms with E-state index in [1.54, 1.807) is 0 Å². The minimum absolute atomic E-state index is 0.0451. The lowest BCUT2D eigenvalue weighted by atomic mass is 10.2. The van der Waals surface area contributed by atoms with Crippen molar-refractivity contribution in [3.63, 3.8) is 0 Å². The smallest absolute Gasteiger partial charge is 0.396 e. The van der Waals surface area contributed by atoms with Crippen molar-refractivity contribution in [3.05, 3.63) is 29.6 Å². The molecule has 0 aliphatic carbocycles. The van der Waals surface area contributed by atoms with Gasteiger partial charge in [-0.3, -0.25) is 0 Å². The van der Waals surface area contributed by atoms with Crippen LogP contribution in [0.2, 0.25) is 0 Å². The van der Waals surface area contributed by atoms with Crippen LogP contribution in [0.5, 0.6) is 0 Å². The fourth-order valence-corrected chi connectivity index (χ4v) is 2.10. The van der Waals surface area contributed by atoms with Crippen LogP contribution in [0.25, 0.3) is 11.0 Å². The predicted molar refractivity (Wildman–Crippen MR) is 65.8 cm³/mol. The molecule has 2 rings (SSSR count). The van der Waals surface area contributed by atoms with Gasteiger partial charge in [0.1, 0.15) is 5.82 Å². The molecule has 0 bridgehead atoms. The average molecular weight is 272 g/mol. The van der Waals surface area contributed by atoms with Crippen LogP contribution in [0, 0.1) is 0 Å². The number of imidazole rings is 1. The van der Waals surface area contributed by atoms with Crippen molar-refractivity contribution in [2.75, 3.05) is 6.61 Å². The Morgan fingerprint density at radius 1 is 1.32 bits per heavy atom. The second-order valence-corrected chi connectivity index (χ2v) is 4.31. The van der Waals surface area contributed by atoms with E-state index in [0.29, 0.717) is 30.4 Å². The molecular weight excluding hydrogens is 257 g/mol. The zero-order valence-corrected chi connectivity index (χ0v) is 10.5. The molecule has 3 nitrogen and oxygen atoms in total. The first-order valence-electron chi connectivity index (χ1n) is 6.14. The summed E-state index contributed by atoms with van der Waals surface area (Å²) in [6.07, 6.45) is -3.16. The van der Waals surface area contributed by atoms with Gasteiger partial charge in [0.2, 0.25) is 0 Å². The topological polar surface area (TPSA) is 38.0 Å². The lowest BCUT2D eigenvalue weighted by molar-refractivity contribution is -0.137. The van der Waals surface area contributed by atoms with E-state index in [-0.39, 0.29) is 6.61 Å². The molecule has 1 aromatic heterocycles. The Morgan fingerprint density at radius 2 is 2.05 bits per heavy atom. The van der Waals surface area contributed by atoms with Crippen LogP contribution in [-0.2, 0) is 19.1 Å². The first-order chi connectivity index (χ1) is 8.97. The van der Waals surface area contributed by atoms with Gasteiger partial charge < -0.3 is 9.67 Å². The van der Waals surface area contributed by atoms with E-state index in [4.69, 9.17) is 5.11 Å². The lowest BCUT2D eigenvalue weighted by Gasteiger charge is -2.08. The number of aromatic nitrogens is 2. The molecule has 0 unspecified atom stereocenters. The van der Waals surface area contributed by atoms with Crippen LogP contribution in [0.15, 0.2) is 18.2 Å². The van der Waals surface area contributed by atoms with E-state index in [2.05, 4.69) is 4.98 Å². The Balaban J connectivity index is 2.51. The lowest BCUT2D eigenvalue weighted by Crippen LogP contribution is -2.05. The second kappa shape index (κ2) is 5.21. The van der Waals surface area contributed by atoms with Crippen molar-refractivity contribution in [1.82, 2.24) is 9.55 Å². The van der Waals surface area contributed by atoms with Crippen molar-refractivity contribution in [3.8, 4) is 0 Å². The van der Waals surface area contributed by atoms with Gasteiger partial charge in [0.05, 0.1) is 16.6 Å². The molecule has 0 saturated heterocycles. The maximum Gasteiger partial charge on any atom is 0.416 e. The van der Waals surface area contributed by atoms with Crippen LogP contribution in [0.3, 0.4) is 0 Å². The van der Waals surface area contributed by atoms with Gasteiger partial charge in [-0.25, -0.2) is 4.98 Å². The maximum atomic E-state index is 12.6. The van der Waals surface area contributed by atoms with E-state index >= 15 is 0 Å². The average Bonchev–Trinajstić information content (AvgIpc) is 2.72. The van der Waals surface area contributed by atoms with Crippen molar-refractivity contribution in [2.45, 2.75) is 32.5 Å². The van der Waals surface area contributed by atoms with Crippen molar-refractivity contribution in [2.24, 2.45) is 0 Å². The van der Waals surface area contributed by atoms with Gasteiger partial charge in [-0.2, -0.15) is 13.2 Å². The van der Waals surface area contributed by atoms with Crippen LogP contribution in [-0.4, -0.2) is 21.3 Å². The summed E-state index contributed by atoms with van der Waals surface area (Å²) in [7, 11) is 0. The number of hydrogen-bond acceptors (Lipinski definition) is 2. The summed E-state index contributed by atoms with van der Waals surface area (Å²) in [5.74, 6) is 0.739. The third-order valence-corrected chi connectivity index (χ3v) is 3.01. The van der Waals surface area contributed by atoms with Gasteiger partial charge in [0.15, 0.2) is 0 Å². The third-order valence-electron chi connectivity index (χ3n) is 3.01. The standard InChI is InChI=1S/C13H15F3N2O/c1-2-12-17-10-8-9(13(14,15)16)4-5-11(10)18(12)6-3-7-19/h4-5,8,19H,2-3,6-7H2,1H3. The summed E-state index contributed by atoms with van der Waals surface area (Å²) in [5.41, 5.74) is 0.345. The molecule has 0 atom stereocenters. The Morgan fingerprint density at radius 3 is 2.63 bits per heavy atom. The van der Waals surface area contributed by atoms with Gasteiger partial charge in [0.25, 0.3) is 0 Å². The van der Waals surface area contributed by atoms with E-state index in [1.165, 1.54) is 6.07 Å². The number of aliphatic hydroxyl groups is 1. The molecule has 6 heteroatoms. The van der Waals surface area contributed by atoms with Crippen molar-refractivity contribution in [1.29, 1.82) is 0 Å². The Kier molecular flexibility index (Phi) is 3.80. The van der Waals surface area contributed by atoms with Crippen LogP contribution in [0.4, 0.5) is 13.2 Å². The van der Waals surface area contributed by atoms with E-state index in [9.17, 15) is 13.2 Å². The van der Waals surface area contributed by atoms with Crippen LogP contribution >= 0.6 is 0 Å². The summed E-state index contributed by atoms with van der Waals surface area (Å²) >= 11 is 0. The highest BCUT2D eigenvalue weighted by molar-refractivity contribution is 5.77. The predicted octanol–water partition coefficient (Wildman–Crippen LogP) is 3.00. The number of aliphatic hydroxyl groups excluding tert-OH is 1. The molecule has 1 N–H and O–H groups in total. The second-order valence-electron chi connectivity index (χ2n) is 4.31. The molecule has 2 aromatic rings. The molecule has 19 heavy (non-hydrogen) atoms. The highest BCUT2D eigenvalue weighted by Gasteiger charge is 2.31. The highest BCUT2D eigenvalue weighted by Crippen LogP contribution is 2.31. The number of fused-ring (bicyclic) bond motifs is 1. The normalized spacial score (nSPS) is 12.3. The molecule has 0 saturated carbocycles. The van der Waals surface area contributed by atoms with Gasteiger partial charge in [-0.05, 0) is 24.6 Å². The van der Waals surface area contributed by atoms with E-state index < -0.39 is 11.7 Å². The van der Waals surface area contributed by atoms with Gasteiger partial charge >= 0.3 is 6.18 Å². The summed E-state index contributed by atoms with van der Waals surface area (Å²) in [4.78, 5) is 4.24. The molecule has 104 valence electrons. The van der Waals surface area contributed by atoms with Crippen LogP contribution in [0.1, 0.15) is 24.7 Å². The molecule has 1 aromatic carbocycles. The number of alkyl halides is 3. The number of benzene rings is 1. The van der Waals surface area contributed by atoms with Gasteiger partial charge in [0, 0.05) is 19.6 Å². The zero-order valence-electron chi connectivity index (χ0n) is 10.5. The van der Waals surface area contributed by atoms with Gasteiger partial charge in [-0.1, -0.05) is 6.92 Å². The number of rotatable bonds is 4. The van der Waals surface area contributed by atoms with E-state index in [0.717, 1.165) is 18.0 Å². The molecule has 0 spiro atoms. The minimum atomic E-state index is -4.35. The fourth-order valence-electron chi connectivity index (χ4n) is 2.10. The van der Waals surface area contributed by atoms with Crippen molar-refractivity contribution < 1.29 is 18.3 Å². The molecule has 1 heterocycles. The van der Waals surface area contributed by atoms with E-state index in [1.807, 2.05) is 11.5 Å². The minimum Gasteiger partial charge on any atom is -0.396 e. The van der Waals surface area contributed by atoms with Gasteiger partial charge in [-0.15, -0.1) is 0 Å².